The van der Waals surface area contributed by atoms with E-state index in [1.165, 1.54) is 0 Å². The molecule has 4 N–H and O–H groups in total. The standard InChI is InChI=1S/C17H20NO5P/c18-16(10-11-17(19)20)24(21,22)12-13-6-4-5-9-15(13)23-14-7-2-1-3-8-14/h1-9,16H,10-12,18H2,(H,19,20)(H,21,22). The second-order valence-electron chi connectivity index (χ2n) is 5.44. The summed E-state index contributed by atoms with van der Waals surface area (Å²) >= 11 is 0. The topological polar surface area (TPSA) is 110 Å². The van der Waals surface area contributed by atoms with Crippen molar-refractivity contribution in [2.24, 2.45) is 5.73 Å². The summed E-state index contributed by atoms with van der Waals surface area (Å²) in [6.07, 6.45) is -0.463. The van der Waals surface area contributed by atoms with Crippen molar-refractivity contribution in [2.45, 2.75) is 24.8 Å². The average Bonchev–Trinajstić information content (AvgIpc) is 2.55. The number of aliphatic carboxylic acids is 1. The van der Waals surface area contributed by atoms with Crippen molar-refractivity contribution >= 4 is 13.3 Å². The Kier molecular flexibility index (Phi) is 6.15. The number of hydrogen-bond acceptors (Lipinski definition) is 4. The molecule has 0 fully saturated rings. The number of carboxylic acid groups (broad SMARTS) is 1. The maximum absolute atomic E-state index is 12.5. The maximum Gasteiger partial charge on any atom is 0.303 e. The van der Waals surface area contributed by atoms with Crippen LogP contribution in [0.5, 0.6) is 11.5 Å². The van der Waals surface area contributed by atoms with Crippen molar-refractivity contribution < 1.29 is 24.1 Å². The van der Waals surface area contributed by atoms with Gasteiger partial charge in [-0.1, -0.05) is 36.4 Å². The highest BCUT2D eigenvalue weighted by molar-refractivity contribution is 7.57. The van der Waals surface area contributed by atoms with Gasteiger partial charge in [0.1, 0.15) is 11.5 Å². The first-order valence-electron chi connectivity index (χ1n) is 7.48. The minimum atomic E-state index is -3.76. The minimum Gasteiger partial charge on any atom is -0.481 e. The molecule has 0 saturated carbocycles. The third kappa shape index (κ3) is 5.20. The molecule has 2 atom stereocenters. The molecule has 7 heteroatoms. The van der Waals surface area contributed by atoms with Crippen molar-refractivity contribution in [1.82, 2.24) is 0 Å². The largest absolute Gasteiger partial charge is 0.481 e. The number of rotatable bonds is 8. The molecule has 0 radical (unpaired) electrons. The molecule has 0 amide bonds. The van der Waals surface area contributed by atoms with E-state index in [2.05, 4.69) is 0 Å². The lowest BCUT2D eigenvalue weighted by molar-refractivity contribution is -0.137. The summed E-state index contributed by atoms with van der Waals surface area (Å²) in [5.41, 5.74) is 6.29. The van der Waals surface area contributed by atoms with Gasteiger partial charge in [0.05, 0.1) is 11.9 Å². The van der Waals surface area contributed by atoms with Crippen molar-refractivity contribution in [2.75, 3.05) is 0 Å². The van der Waals surface area contributed by atoms with Crippen LogP contribution in [0.4, 0.5) is 0 Å². The normalized spacial score (nSPS) is 14.6. The van der Waals surface area contributed by atoms with E-state index in [0.717, 1.165) is 0 Å². The van der Waals surface area contributed by atoms with Crippen molar-refractivity contribution in [3.05, 3.63) is 60.2 Å². The molecule has 0 heterocycles. The minimum absolute atomic E-state index is 0.0508. The lowest BCUT2D eigenvalue weighted by Gasteiger charge is -2.20. The smallest absolute Gasteiger partial charge is 0.303 e. The zero-order chi connectivity index (χ0) is 17.6. The van der Waals surface area contributed by atoms with Gasteiger partial charge in [-0.05, 0) is 24.6 Å². The second kappa shape index (κ2) is 8.11. The van der Waals surface area contributed by atoms with Gasteiger partial charge in [0.25, 0.3) is 0 Å². The molecule has 2 aromatic rings. The van der Waals surface area contributed by atoms with Gasteiger partial charge in [-0.3, -0.25) is 9.36 Å². The number of carbonyl (C=O) groups is 1. The first kappa shape index (κ1) is 18.2. The van der Waals surface area contributed by atoms with Crippen LogP contribution in [0.1, 0.15) is 18.4 Å². The Labute approximate surface area is 140 Å². The summed E-state index contributed by atoms with van der Waals surface area (Å²) in [6, 6.07) is 16.0. The van der Waals surface area contributed by atoms with Gasteiger partial charge in [0.2, 0.25) is 7.37 Å². The third-order valence-electron chi connectivity index (χ3n) is 3.51. The van der Waals surface area contributed by atoms with Crippen LogP contribution in [-0.2, 0) is 15.5 Å². The highest BCUT2D eigenvalue weighted by atomic mass is 31.2. The van der Waals surface area contributed by atoms with E-state index in [4.69, 9.17) is 15.6 Å². The summed E-state index contributed by atoms with van der Waals surface area (Å²) < 4.78 is 18.2. The van der Waals surface area contributed by atoms with Crippen LogP contribution in [0.25, 0.3) is 0 Å². The van der Waals surface area contributed by atoms with Crippen LogP contribution in [0.2, 0.25) is 0 Å². The quantitative estimate of drug-likeness (QED) is 0.630. The molecule has 0 aromatic heterocycles. The molecule has 2 unspecified atom stereocenters. The van der Waals surface area contributed by atoms with E-state index in [0.29, 0.717) is 17.1 Å². The number of nitrogens with two attached hydrogens (primary N) is 1. The summed E-state index contributed by atoms with van der Waals surface area (Å²) in [4.78, 5) is 20.8. The number of para-hydroxylation sites is 2. The van der Waals surface area contributed by atoms with Gasteiger partial charge >= 0.3 is 5.97 Å². The lowest BCUT2D eigenvalue weighted by atomic mass is 10.2. The SMILES string of the molecule is NC(CCC(=O)O)P(=O)(O)Cc1ccccc1Oc1ccccc1. The van der Waals surface area contributed by atoms with Crippen LogP contribution in [-0.4, -0.2) is 21.8 Å². The molecule has 0 saturated heterocycles. The molecule has 0 aliphatic carbocycles. The Morgan fingerprint density at radius 1 is 1.12 bits per heavy atom. The van der Waals surface area contributed by atoms with E-state index in [9.17, 15) is 14.3 Å². The summed E-state index contributed by atoms with van der Waals surface area (Å²) in [7, 11) is -3.76. The molecular formula is C17H20NO5P. The van der Waals surface area contributed by atoms with Gasteiger partial charge in [0, 0.05) is 12.0 Å². The second-order valence-corrected chi connectivity index (χ2v) is 7.93. The van der Waals surface area contributed by atoms with Gasteiger partial charge in [-0.15, -0.1) is 0 Å². The summed E-state index contributed by atoms with van der Waals surface area (Å²) in [6.45, 7) is 0. The zero-order valence-electron chi connectivity index (χ0n) is 13.0. The fourth-order valence-corrected chi connectivity index (χ4v) is 3.70. The van der Waals surface area contributed by atoms with Crippen LogP contribution in [0.15, 0.2) is 54.6 Å². The van der Waals surface area contributed by atoms with Gasteiger partial charge in [0.15, 0.2) is 0 Å². The molecule has 0 bridgehead atoms. The predicted octanol–water partition coefficient (Wildman–Crippen LogP) is 3.40. The Morgan fingerprint density at radius 2 is 1.75 bits per heavy atom. The molecule has 2 rings (SSSR count). The Balaban J connectivity index is 2.14. The van der Waals surface area contributed by atoms with Crippen LogP contribution >= 0.6 is 7.37 Å². The first-order valence-corrected chi connectivity index (χ1v) is 9.39. The van der Waals surface area contributed by atoms with Gasteiger partial charge < -0.3 is 20.5 Å². The van der Waals surface area contributed by atoms with Crippen LogP contribution in [0, 0.1) is 0 Å². The highest BCUT2D eigenvalue weighted by Gasteiger charge is 2.29. The Bertz CT molecular complexity index is 735. The molecule has 0 aliphatic heterocycles. The van der Waals surface area contributed by atoms with E-state index in [1.807, 2.05) is 18.2 Å². The number of hydrogen-bond donors (Lipinski definition) is 3. The predicted molar refractivity (Wildman–Crippen MR) is 91.3 cm³/mol. The third-order valence-corrected chi connectivity index (χ3v) is 5.60. The fourth-order valence-electron chi connectivity index (χ4n) is 2.18. The molecular weight excluding hydrogens is 329 g/mol. The number of ether oxygens (including phenoxy) is 1. The highest BCUT2D eigenvalue weighted by Crippen LogP contribution is 2.50. The van der Waals surface area contributed by atoms with Crippen molar-refractivity contribution in [3.8, 4) is 11.5 Å². The first-order chi connectivity index (χ1) is 11.4. The molecule has 6 nitrogen and oxygen atoms in total. The fraction of sp³-hybridized carbons (Fsp3) is 0.235. The van der Waals surface area contributed by atoms with Crippen LogP contribution in [0.3, 0.4) is 0 Å². The lowest BCUT2D eigenvalue weighted by Crippen LogP contribution is -2.22. The van der Waals surface area contributed by atoms with Crippen molar-refractivity contribution in [3.63, 3.8) is 0 Å². The van der Waals surface area contributed by atoms with E-state index in [1.54, 1.807) is 36.4 Å². The molecule has 24 heavy (non-hydrogen) atoms. The van der Waals surface area contributed by atoms with Gasteiger partial charge in [-0.25, -0.2) is 0 Å². The summed E-state index contributed by atoms with van der Waals surface area (Å²) in [5.74, 6) is -1.03. The van der Waals surface area contributed by atoms with Crippen molar-refractivity contribution in [1.29, 1.82) is 0 Å². The summed E-state index contributed by atoms with van der Waals surface area (Å²) in [5, 5.41) is 8.68. The number of benzene rings is 2. The van der Waals surface area contributed by atoms with E-state index < -0.39 is 19.1 Å². The molecule has 128 valence electrons. The average molecular weight is 349 g/mol. The van der Waals surface area contributed by atoms with E-state index in [-0.39, 0.29) is 19.0 Å². The van der Waals surface area contributed by atoms with E-state index >= 15 is 0 Å². The maximum atomic E-state index is 12.5. The molecule has 0 aliphatic rings. The number of carboxylic acids is 1. The Hall–Kier alpha value is -2.14. The van der Waals surface area contributed by atoms with Crippen LogP contribution < -0.4 is 10.5 Å². The molecule has 2 aromatic carbocycles. The molecule has 0 spiro atoms. The zero-order valence-corrected chi connectivity index (χ0v) is 13.9. The van der Waals surface area contributed by atoms with Gasteiger partial charge in [-0.2, -0.15) is 0 Å². The monoisotopic (exact) mass is 349 g/mol. The Morgan fingerprint density at radius 3 is 2.42 bits per heavy atom.